The molecule has 0 unspecified atom stereocenters. The molecule has 0 aliphatic rings. The number of nitrogens with zero attached hydrogens (tertiary/aromatic N) is 1. The van der Waals surface area contributed by atoms with Crippen LogP contribution in [0.15, 0.2) is 59.6 Å². The van der Waals surface area contributed by atoms with E-state index in [2.05, 4.69) is 15.0 Å². The lowest BCUT2D eigenvalue weighted by atomic mass is 10.1. The molecule has 1 heterocycles. The SMILES string of the molecule is COc1nccc2cc(NS(=O)(=O)c3ccc(NC(C)=O)cc3)ccc12. The van der Waals surface area contributed by atoms with Crippen molar-refractivity contribution in [3.63, 3.8) is 0 Å². The Morgan fingerprint density at radius 2 is 1.73 bits per heavy atom. The van der Waals surface area contributed by atoms with Crippen molar-refractivity contribution in [3.8, 4) is 5.88 Å². The third-order valence-electron chi connectivity index (χ3n) is 3.66. The van der Waals surface area contributed by atoms with Gasteiger partial charge in [-0.1, -0.05) is 0 Å². The Hall–Kier alpha value is -3.13. The predicted octanol–water partition coefficient (Wildman–Crippen LogP) is 3.00. The highest BCUT2D eigenvalue weighted by atomic mass is 32.2. The molecular weight excluding hydrogens is 354 g/mol. The van der Waals surface area contributed by atoms with Crippen molar-refractivity contribution < 1.29 is 17.9 Å². The van der Waals surface area contributed by atoms with Gasteiger partial charge in [0.05, 0.1) is 12.0 Å². The van der Waals surface area contributed by atoms with Gasteiger partial charge in [0.15, 0.2) is 0 Å². The molecule has 134 valence electrons. The van der Waals surface area contributed by atoms with E-state index in [4.69, 9.17) is 4.74 Å². The fourth-order valence-corrected chi connectivity index (χ4v) is 3.56. The minimum Gasteiger partial charge on any atom is -0.481 e. The lowest BCUT2D eigenvalue weighted by Gasteiger charge is -2.10. The van der Waals surface area contributed by atoms with Gasteiger partial charge in [0.1, 0.15) is 0 Å². The molecule has 7 nitrogen and oxygen atoms in total. The largest absolute Gasteiger partial charge is 0.481 e. The molecule has 1 aromatic heterocycles. The zero-order valence-corrected chi connectivity index (χ0v) is 15.0. The van der Waals surface area contributed by atoms with Crippen LogP contribution in [0.4, 0.5) is 11.4 Å². The van der Waals surface area contributed by atoms with Crippen LogP contribution in [0.25, 0.3) is 10.8 Å². The molecule has 0 bridgehead atoms. The van der Waals surface area contributed by atoms with Crippen molar-refractivity contribution in [3.05, 3.63) is 54.7 Å². The third kappa shape index (κ3) is 3.75. The molecule has 2 aromatic carbocycles. The first-order chi connectivity index (χ1) is 12.4. The first kappa shape index (κ1) is 17.7. The van der Waals surface area contributed by atoms with Crippen molar-refractivity contribution >= 4 is 38.1 Å². The van der Waals surface area contributed by atoms with Crippen LogP contribution in [0.1, 0.15) is 6.92 Å². The van der Waals surface area contributed by atoms with E-state index in [-0.39, 0.29) is 10.8 Å². The van der Waals surface area contributed by atoms with Crippen molar-refractivity contribution in [2.75, 3.05) is 17.1 Å². The van der Waals surface area contributed by atoms with Gasteiger partial charge in [-0.25, -0.2) is 13.4 Å². The number of carbonyl (C=O) groups is 1. The Morgan fingerprint density at radius 1 is 1.04 bits per heavy atom. The summed E-state index contributed by atoms with van der Waals surface area (Å²) in [6, 6.07) is 12.8. The smallest absolute Gasteiger partial charge is 0.261 e. The standard InChI is InChI=1S/C18H17N3O4S/c1-12(22)20-14-3-6-16(7-4-14)26(23,24)21-15-5-8-17-13(11-15)9-10-19-18(17)25-2/h3-11,21H,1-2H3,(H,20,22). The Kier molecular flexibility index (Phi) is 4.77. The highest BCUT2D eigenvalue weighted by Gasteiger charge is 2.15. The minimum atomic E-state index is -3.75. The topological polar surface area (TPSA) is 97.4 Å². The number of pyridine rings is 1. The van der Waals surface area contributed by atoms with Crippen LogP contribution in [-0.4, -0.2) is 26.4 Å². The molecule has 0 atom stereocenters. The molecule has 3 aromatic rings. The van der Waals surface area contributed by atoms with Crippen molar-refractivity contribution in [1.29, 1.82) is 0 Å². The summed E-state index contributed by atoms with van der Waals surface area (Å²) >= 11 is 0. The molecule has 2 N–H and O–H groups in total. The third-order valence-corrected chi connectivity index (χ3v) is 5.06. The summed E-state index contributed by atoms with van der Waals surface area (Å²) in [5.41, 5.74) is 0.957. The fourth-order valence-electron chi connectivity index (χ4n) is 2.51. The number of sulfonamides is 1. The zero-order chi connectivity index (χ0) is 18.7. The zero-order valence-electron chi connectivity index (χ0n) is 14.2. The number of hydrogen-bond acceptors (Lipinski definition) is 5. The van der Waals surface area contributed by atoms with Crippen molar-refractivity contribution in [1.82, 2.24) is 4.98 Å². The van der Waals surface area contributed by atoms with E-state index in [0.29, 0.717) is 17.3 Å². The van der Waals surface area contributed by atoms with E-state index >= 15 is 0 Å². The van der Waals surface area contributed by atoms with Gasteiger partial charge in [-0.15, -0.1) is 0 Å². The van der Waals surface area contributed by atoms with Crippen LogP contribution < -0.4 is 14.8 Å². The van der Waals surface area contributed by atoms with E-state index in [1.807, 2.05) is 0 Å². The molecule has 0 aliphatic heterocycles. The predicted molar refractivity (Wildman–Crippen MR) is 99.8 cm³/mol. The summed E-state index contributed by atoms with van der Waals surface area (Å²) in [5.74, 6) is 0.255. The van der Waals surface area contributed by atoms with Crippen LogP contribution >= 0.6 is 0 Å². The second kappa shape index (κ2) is 7.01. The van der Waals surface area contributed by atoms with E-state index < -0.39 is 10.0 Å². The molecule has 3 rings (SSSR count). The lowest BCUT2D eigenvalue weighted by Crippen LogP contribution is -2.13. The second-order valence-electron chi connectivity index (χ2n) is 5.57. The van der Waals surface area contributed by atoms with Gasteiger partial charge in [0.25, 0.3) is 10.0 Å². The Bertz CT molecular complexity index is 1060. The summed E-state index contributed by atoms with van der Waals surface area (Å²) in [5, 5.41) is 4.19. The summed E-state index contributed by atoms with van der Waals surface area (Å²) in [4.78, 5) is 15.2. The second-order valence-corrected chi connectivity index (χ2v) is 7.25. The van der Waals surface area contributed by atoms with Gasteiger partial charge in [-0.05, 0) is 53.9 Å². The molecule has 0 saturated carbocycles. The van der Waals surface area contributed by atoms with Gasteiger partial charge in [-0.2, -0.15) is 0 Å². The van der Waals surface area contributed by atoms with Crippen LogP contribution in [0.5, 0.6) is 5.88 Å². The van der Waals surface area contributed by atoms with Crippen molar-refractivity contribution in [2.24, 2.45) is 0 Å². The van der Waals surface area contributed by atoms with E-state index in [1.54, 1.807) is 30.5 Å². The normalized spacial score (nSPS) is 11.2. The average molecular weight is 371 g/mol. The Balaban J connectivity index is 1.87. The van der Waals surface area contributed by atoms with Gasteiger partial charge in [0.2, 0.25) is 11.8 Å². The van der Waals surface area contributed by atoms with Crippen LogP contribution in [-0.2, 0) is 14.8 Å². The minimum absolute atomic E-state index is 0.0963. The van der Waals surface area contributed by atoms with Gasteiger partial charge in [-0.3, -0.25) is 9.52 Å². The number of amides is 1. The number of methoxy groups -OCH3 is 1. The number of ether oxygens (including phenoxy) is 1. The number of hydrogen-bond donors (Lipinski definition) is 2. The van der Waals surface area contributed by atoms with Crippen LogP contribution in [0.2, 0.25) is 0 Å². The number of anilines is 2. The highest BCUT2D eigenvalue weighted by molar-refractivity contribution is 7.92. The summed E-state index contributed by atoms with van der Waals surface area (Å²) < 4.78 is 32.9. The molecule has 0 spiro atoms. The Labute approximate surface area is 151 Å². The molecule has 0 aliphatic carbocycles. The van der Waals surface area contributed by atoms with E-state index in [1.165, 1.54) is 38.3 Å². The van der Waals surface area contributed by atoms with Crippen molar-refractivity contribution in [2.45, 2.75) is 11.8 Å². The lowest BCUT2D eigenvalue weighted by molar-refractivity contribution is -0.114. The molecular formula is C18H17N3O4S. The number of carbonyl (C=O) groups excluding carboxylic acids is 1. The highest BCUT2D eigenvalue weighted by Crippen LogP contribution is 2.27. The summed E-state index contributed by atoms with van der Waals surface area (Å²) in [7, 11) is -2.22. The number of fused-ring (bicyclic) bond motifs is 1. The van der Waals surface area contributed by atoms with E-state index in [9.17, 15) is 13.2 Å². The number of nitrogens with one attached hydrogen (secondary N) is 2. The maximum atomic E-state index is 12.6. The molecule has 0 radical (unpaired) electrons. The monoisotopic (exact) mass is 371 g/mol. The summed E-state index contributed by atoms with van der Waals surface area (Å²) in [6.45, 7) is 1.39. The molecule has 1 amide bonds. The Morgan fingerprint density at radius 3 is 2.38 bits per heavy atom. The molecule has 8 heteroatoms. The van der Waals surface area contributed by atoms with Crippen LogP contribution in [0.3, 0.4) is 0 Å². The summed E-state index contributed by atoms with van der Waals surface area (Å²) in [6.07, 6.45) is 1.60. The quantitative estimate of drug-likeness (QED) is 0.718. The number of rotatable bonds is 5. The van der Waals surface area contributed by atoms with Crippen LogP contribution in [0, 0.1) is 0 Å². The fraction of sp³-hybridized carbons (Fsp3) is 0.111. The molecule has 0 fully saturated rings. The van der Waals surface area contributed by atoms with Gasteiger partial charge < -0.3 is 10.1 Å². The maximum absolute atomic E-state index is 12.6. The van der Waals surface area contributed by atoms with E-state index in [0.717, 1.165) is 10.8 Å². The van der Waals surface area contributed by atoms with Gasteiger partial charge in [0, 0.05) is 29.9 Å². The first-order valence-electron chi connectivity index (χ1n) is 7.72. The molecule has 26 heavy (non-hydrogen) atoms. The number of benzene rings is 2. The maximum Gasteiger partial charge on any atom is 0.261 e. The van der Waals surface area contributed by atoms with Gasteiger partial charge >= 0.3 is 0 Å². The average Bonchev–Trinajstić information content (AvgIpc) is 2.60. The first-order valence-corrected chi connectivity index (χ1v) is 9.20. The number of aromatic nitrogens is 1. The molecule has 0 saturated heterocycles.